The summed E-state index contributed by atoms with van der Waals surface area (Å²) < 4.78 is 0. The van der Waals surface area contributed by atoms with E-state index in [4.69, 9.17) is 22.9 Å². The lowest BCUT2D eigenvalue weighted by atomic mass is 9.96. The number of nitrogens with zero attached hydrogens (tertiary/aromatic N) is 1. The first kappa shape index (κ1) is 104. The Morgan fingerprint density at radius 2 is 0.726 bits per heavy atom. The molecule has 0 bridgehead atoms. The summed E-state index contributed by atoms with van der Waals surface area (Å²) in [7, 11) is 0. The molecule has 0 heterocycles. The minimum atomic E-state index is -1.91. The van der Waals surface area contributed by atoms with Crippen LogP contribution in [0.1, 0.15) is 173 Å². The van der Waals surface area contributed by atoms with Gasteiger partial charge in [-0.3, -0.25) is 91.3 Å². The fourth-order valence-electron chi connectivity index (χ4n) is 11.0. The van der Waals surface area contributed by atoms with E-state index < -0.39 is 253 Å². The molecule has 1 rings (SSSR count). The number of aliphatic imine (C=N–C) groups is 1. The molecule has 0 aromatic heterocycles. The van der Waals surface area contributed by atoms with E-state index >= 15 is 0 Å². The average Bonchev–Trinajstić information content (AvgIpc) is 0.769. The highest BCUT2D eigenvalue weighted by molar-refractivity contribution is 6.01. The Labute approximate surface area is 679 Å². The third kappa shape index (κ3) is 38.9. The fraction of sp³-hybridized carbons (Fsp3) is 0.662. The molecule has 117 heavy (non-hydrogen) atoms. The number of nitrogens with one attached hydrogen (secondary N) is 15. The van der Waals surface area contributed by atoms with Crippen LogP contribution in [0.5, 0.6) is 0 Å². The van der Waals surface area contributed by atoms with Gasteiger partial charge in [0.25, 0.3) is 0 Å². The summed E-state index contributed by atoms with van der Waals surface area (Å²) in [6.45, 7) is 17.5. The van der Waals surface area contributed by atoms with E-state index in [1.807, 2.05) is 0 Å². The van der Waals surface area contributed by atoms with E-state index in [2.05, 4.69) is 84.7 Å². The molecular weight excluding hydrogens is 1540 g/mol. The van der Waals surface area contributed by atoms with Gasteiger partial charge in [-0.1, -0.05) is 91.1 Å². The number of unbranched alkanes of at least 4 members (excludes halogenated alkanes) is 1. The molecule has 0 saturated carbocycles. The number of aliphatic carboxylic acids is 3. The number of aliphatic hydroxyl groups excluding tert-OH is 2. The van der Waals surface area contributed by atoms with Gasteiger partial charge in [-0.05, 0) is 123 Å². The third-order valence-electron chi connectivity index (χ3n) is 18.7. The van der Waals surface area contributed by atoms with Crippen molar-refractivity contribution in [2.24, 2.45) is 45.7 Å². The predicted molar refractivity (Wildman–Crippen MR) is 422 cm³/mol. The quantitative estimate of drug-likeness (QED) is 0.0164. The minimum absolute atomic E-state index is 0.0297. The van der Waals surface area contributed by atoms with Gasteiger partial charge in [0.1, 0.15) is 90.6 Å². The van der Waals surface area contributed by atoms with E-state index in [-0.39, 0.29) is 50.5 Å². The molecule has 0 radical (unpaired) electrons. The second kappa shape index (κ2) is 53.1. The Hall–Kier alpha value is -11.2. The number of hydrogen-bond donors (Lipinski definition) is 24. The second-order valence-electron chi connectivity index (χ2n) is 29.3. The van der Waals surface area contributed by atoms with Gasteiger partial charge in [-0.15, -0.1) is 0 Å². The number of aliphatic hydroxyl groups is 2. The normalized spacial score (nSPS) is 16.0. The van der Waals surface area contributed by atoms with Gasteiger partial charge in [0.2, 0.25) is 88.6 Å². The van der Waals surface area contributed by atoms with E-state index in [9.17, 15) is 112 Å². The van der Waals surface area contributed by atoms with Gasteiger partial charge in [-0.2, -0.15) is 0 Å². The Kier molecular flexibility index (Phi) is 47.1. The Bertz CT molecular complexity index is 3570. The number of carbonyl (C=O) groups is 18. The number of guanidine groups is 1. The summed E-state index contributed by atoms with van der Waals surface area (Å²) >= 11 is 0. The van der Waals surface area contributed by atoms with Gasteiger partial charge in [0.15, 0.2) is 5.96 Å². The molecule has 658 valence electrons. The van der Waals surface area contributed by atoms with E-state index in [0.717, 1.165) is 13.8 Å². The van der Waals surface area contributed by atoms with E-state index in [0.29, 0.717) is 37.8 Å². The number of hydrogen-bond acceptors (Lipinski definition) is 23. The first-order valence-corrected chi connectivity index (χ1v) is 38.8. The SMILES string of the molecule is CC[C@H](C)[C@H](NC(=O)[C@H](Cc1ccccc1)NC(=O)[C@H](CCCN=C(N)N)NC(=O)[C@@H](NC(=O)[C@H](C)NC(=O)[C@H](CC(C)C)NC(=O)[C@H](CO)NC(=O)[C@H](CCC(=O)O)NC(=O)[C@H](C)NC(=O)[C@H](C)NC(=O)[C@H](C)NC(=O)[C@H](C)NC(=O)[C@H](CCC(=O)O)NC(=O)[C@@H](NC(=O)[C@@H](N)CCCCN)[C@@H](C)CC)[C@@H](C)O)C(=O)N[C@@H](C)C(=O)O. The summed E-state index contributed by atoms with van der Waals surface area (Å²) in [5.41, 5.74) is 23.2. The van der Waals surface area contributed by atoms with Crippen LogP contribution in [0.25, 0.3) is 0 Å². The lowest BCUT2D eigenvalue weighted by molar-refractivity contribution is -0.142. The number of rotatable bonds is 55. The van der Waals surface area contributed by atoms with Crippen LogP contribution < -0.4 is 103 Å². The van der Waals surface area contributed by atoms with Crippen molar-refractivity contribution in [1.29, 1.82) is 0 Å². The lowest BCUT2D eigenvalue weighted by Crippen LogP contribution is -2.62. The molecule has 28 N–H and O–H groups in total. The van der Waals surface area contributed by atoms with Crippen LogP contribution in [-0.4, -0.2) is 260 Å². The summed E-state index contributed by atoms with van der Waals surface area (Å²) in [5, 5.41) is 85.9. The fourth-order valence-corrected chi connectivity index (χ4v) is 11.0. The largest absolute Gasteiger partial charge is 0.481 e. The Balaban J connectivity index is 3.28. The smallest absolute Gasteiger partial charge is 0.325 e. The van der Waals surface area contributed by atoms with Gasteiger partial charge in [-0.25, -0.2) is 0 Å². The second-order valence-corrected chi connectivity index (χ2v) is 29.3. The first-order chi connectivity index (χ1) is 54.7. The van der Waals surface area contributed by atoms with Crippen LogP contribution in [0.4, 0.5) is 0 Å². The summed E-state index contributed by atoms with van der Waals surface area (Å²) in [6.07, 6.45) is -2.47. The molecule has 0 saturated heterocycles. The molecule has 1 aromatic carbocycles. The molecule has 15 amide bonds. The molecule has 0 unspecified atom stereocenters. The summed E-state index contributed by atoms with van der Waals surface area (Å²) in [4.78, 5) is 244. The van der Waals surface area contributed by atoms with Crippen molar-refractivity contribution in [1.82, 2.24) is 79.8 Å². The van der Waals surface area contributed by atoms with Crippen molar-refractivity contribution >= 4 is 112 Å². The zero-order chi connectivity index (χ0) is 89.3. The highest BCUT2D eigenvalue weighted by Gasteiger charge is 2.39. The van der Waals surface area contributed by atoms with Crippen LogP contribution in [-0.2, 0) is 92.7 Å². The highest BCUT2D eigenvalue weighted by Crippen LogP contribution is 2.15. The van der Waals surface area contributed by atoms with Crippen LogP contribution in [0.3, 0.4) is 0 Å². The standard InChI is InChI=1S/C74H124N20O23/c1-14-36(5)55(70(113)85-43(12)73(116)117)93-68(111)51(33-45-22-17-16-18-23-45)90-65(108)47(25-21-31-79-74(77)78)87-72(115)57(44(13)96)94-62(105)42(11)84-67(110)50(32-35(3)4)89-69(112)52(34-95)91-66(109)49(27-29-54(99)100)86-61(104)41(10)82-59(102)39(8)80-58(101)38(7)81-60(103)40(9)83-64(107)48(26-28-53(97)98)88-71(114)56(37(6)15-2)92-63(106)46(76)24-19-20-30-75/h16-18,22-23,35-44,46-52,55-57,95-96H,14-15,19-21,24-34,75-76H2,1-13H3,(H,80,101)(H,81,103)(H,82,102)(H,83,107)(H,84,110)(H,85,113)(H,86,104)(H,87,115)(H,88,114)(H,89,112)(H,90,108)(H,91,109)(H,92,106)(H,93,111)(H,94,105)(H,97,98)(H,99,100)(H,116,117)(H4,77,78,79)/t36-,37-,38-,39-,40-,41-,42-,43-,44+,46-,47-,48-,49-,50-,51-,52-,55-,56-,57-/m0/s1. The molecule has 0 aliphatic carbocycles. The summed E-state index contributed by atoms with van der Waals surface area (Å²) in [6, 6.07) is -15.4. The van der Waals surface area contributed by atoms with Crippen molar-refractivity contribution in [2.45, 2.75) is 276 Å². The van der Waals surface area contributed by atoms with Crippen LogP contribution in [0.2, 0.25) is 0 Å². The molecule has 43 heteroatoms. The highest BCUT2D eigenvalue weighted by atomic mass is 16.4. The van der Waals surface area contributed by atoms with Gasteiger partial charge >= 0.3 is 17.9 Å². The predicted octanol–water partition coefficient (Wildman–Crippen LogP) is -6.54. The van der Waals surface area contributed by atoms with Crippen LogP contribution >= 0.6 is 0 Å². The zero-order valence-electron chi connectivity index (χ0n) is 68.6. The number of carbonyl (C=O) groups excluding carboxylic acids is 15. The third-order valence-corrected chi connectivity index (χ3v) is 18.7. The minimum Gasteiger partial charge on any atom is -0.481 e. The number of carboxylic acids is 3. The molecule has 1 aromatic rings. The van der Waals surface area contributed by atoms with Crippen molar-refractivity contribution in [2.75, 3.05) is 19.7 Å². The molecule has 0 aliphatic rings. The average molecular weight is 1660 g/mol. The maximum absolute atomic E-state index is 14.4. The van der Waals surface area contributed by atoms with Crippen LogP contribution in [0, 0.1) is 17.8 Å². The maximum atomic E-state index is 14.4. The van der Waals surface area contributed by atoms with Crippen molar-refractivity contribution < 1.29 is 112 Å². The molecule has 0 aliphatic heterocycles. The van der Waals surface area contributed by atoms with E-state index in [1.54, 1.807) is 71.9 Å². The molecule has 19 atom stereocenters. The topological polar surface area (TPSA) is 705 Å². The maximum Gasteiger partial charge on any atom is 0.325 e. The molecule has 0 fully saturated rings. The molecular formula is C74H124N20O23. The summed E-state index contributed by atoms with van der Waals surface area (Å²) in [5.74, 6) is -20.6. The van der Waals surface area contributed by atoms with E-state index in [1.165, 1.54) is 34.6 Å². The number of nitrogens with two attached hydrogens (primary N) is 4. The molecule has 0 spiro atoms. The van der Waals surface area contributed by atoms with Gasteiger partial charge < -0.3 is 128 Å². The zero-order valence-corrected chi connectivity index (χ0v) is 68.6. The van der Waals surface area contributed by atoms with Crippen molar-refractivity contribution in [3.8, 4) is 0 Å². The van der Waals surface area contributed by atoms with Gasteiger partial charge in [0.05, 0.1) is 18.8 Å². The Morgan fingerprint density at radius 1 is 0.385 bits per heavy atom. The van der Waals surface area contributed by atoms with Crippen molar-refractivity contribution in [3.63, 3.8) is 0 Å². The number of benzene rings is 1. The van der Waals surface area contributed by atoms with Gasteiger partial charge in [0, 0.05) is 25.8 Å². The molecule has 43 nitrogen and oxygen atoms in total. The number of carboxylic acid groups (broad SMARTS) is 3. The number of amides is 15. The monoisotopic (exact) mass is 1660 g/mol. The van der Waals surface area contributed by atoms with Crippen molar-refractivity contribution in [3.05, 3.63) is 35.9 Å². The lowest BCUT2D eigenvalue weighted by Gasteiger charge is -2.29. The first-order valence-electron chi connectivity index (χ1n) is 38.8. The Morgan fingerprint density at radius 3 is 1.15 bits per heavy atom. The van der Waals surface area contributed by atoms with Crippen LogP contribution in [0.15, 0.2) is 35.3 Å².